The summed E-state index contributed by atoms with van der Waals surface area (Å²) in [5, 5.41) is 38.7. The Hall–Kier alpha value is 2.07. The molecule has 4 nitrogen and oxygen atoms in total. The van der Waals surface area contributed by atoms with Gasteiger partial charge in [-0.15, -0.1) is 26.4 Å². The Morgan fingerprint density at radius 2 is 0.688 bits per heavy atom. The molecule has 0 aliphatic heterocycles. The monoisotopic (exact) mass is 288 g/mol. The maximum Gasteiger partial charge on any atom is 2.00 e. The molecule has 0 saturated carbocycles. The van der Waals surface area contributed by atoms with Crippen molar-refractivity contribution in [2.75, 3.05) is 49.4 Å². The van der Waals surface area contributed by atoms with Crippen molar-refractivity contribution in [1.29, 1.82) is 0 Å². The Balaban J connectivity index is -0.0000000800. The van der Waals surface area contributed by atoms with E-state index in [2.05, 4.69) is 0 Å². The molecule has 0 heterocycles. The summed E-state index contributed by atoms with van der Waals surface area (Å²) in [4.78, 5) is 0. The smallest absolute Gasteiger partial charge is 0.854 e. The summed E-state index contributed by atoms with van der Waals surface area (Å²) < 4.78 is 0. The third kappa shape index (κ3) is 36.0. The Morgan fingerprint density at radius 1 is 0.500 bits per heavy atom. The molecule has 0 bridgehead atoms. The van der Waals surface area contributed by atoms with E-state index in [1.54, 1.807) is 0 Å². The summed E-state index contributed by atoms with van der Waals surface area (Å²) in [7, 11) is 0. The summed E-state index contributed by atoms with van der Waals surface area (Å²) in [6, 6.07) is 0. The normalized spacial score (nSPS) is 8.25. The van der Waals surface area contributed by atoms with E-state index in [-0.39, 0.29) is 72.5 Å². The molecular formula is C8H16Mg2O4S2. The van der Waals surface area contributed by atoms with E-state index in [1.165, 1.54) is 23.5 Å². The Morgan fingerprint density at radius 3 is 0.812 bits per heavy atom. The van der Waals surface area contributed by atoms with Gasteiger partial charge in [0.2, 0.25) is 0 Å². The molecule has 0 amide bonds. The molecule has 0 aromatic rings. The second kappa shape index (κ2) is 30.3. The fraction of sp³-hybridized carbons (Fsp3) is 1.00. The van der Waals surface area contributed by atoms with E-state index in [0.29, 0.717) is 23.0 Å². The summed E-state index contributed by atoms with van der Waals surface area (Å²) in [5.74, 6) is 2.34. The molecule has 0 rings (SSSR count). The maximum atomic E-state index is 9.68. The van der Waals surface area contributed by atoms with Crippen molar-refractivity contribution in [3.63, 3.8) is 0 Å². The van der Waals surface area contributed by atoms with Crippen LogP contribution in [-0.2, 0) is 0 Å². The molecule has 0 unspecified atom stereocenters. The molecule has 16 heavy (non-hydrogen) atoms. The molecule has 0 aliphatic carbocycles. The van der Waals surface area contributed by atoms with Gasteiger partial charge >= 0.3 is 46.1 Å². The zero-order chi connectivity index (χ0) is 11.1. The van der Waals surface area contributed by atoms with Gasteiger partial charge in [-0.25, -0.2) is 0 Å². The molecule has 0 radical (unpaired) electrons. The molecule has 0 aromatic carbocycles. The number of rotatable bonds is 8. The number of hydrogen-bond acceptors (Lipinski definition) is 6. The van der Waals surface area contributed by atoms with Crippen LogP contribution in [0.5, 0.6) is 0 Å². The van der Waals surface area contributed by atoms with E-state index in [9.17, 15) is 20.4 Å². The minimum atomic E-state index is -0.0648. The molecule has 0 aromatic heterocycles. The van der Waals surface area contributed by atoms with Gasteiger partial charge in [-0.2, -0.15) is 23.5 Å². The van der Waals surface area contributed by atoms with Crippen molar-refractivity contribution in [2.45, 2.75) is 0 Å². The van der Waals surface area contributed by atoms with Crippen LogP contribution < -0.4 is 20.4 Å². The van der Waals surface area contributed by atoms with Crippen LogP contribution in [0.25, 0.3) is 0 Å². The Kier molecular flexibility index (Phi) is 50.3. The quantitative estimate of drug-likeness (QED) is 0.335. The van der Waals surface area contributed by atoms with Crippen LogP contribution >= 0.6 is 23.5 Å². The molecule has 0 spiro atoms. The molecule has 0 fully saturated rings. The van der Waals surface area contributed by atoms with E-state index in [4.69, 9.17) is 0 Å². The van der Waals surface area contributed by atoms with Crippen LogP contribution in [-0.4, -0.2) is 95.5 Å². The van der Waals surface area contributed by atoms with Gasteiger partial charge in [-0.1, -0.05) is 0 Å². The van der Waals surface area contributed by atoms with Crippen LogP contribution in [0.1, 0.15) is 0 Å². The van der Waals surface area contributed by atoms with Gasteiger partial charge in [0.1, 0.15) is 0 Å². The van der Waals surface area contributed by atoms with Gasteiger partial charge in [0.05, 0.1) is 0 Å². The topological polar surface area (TPSA) is 92.2 Å². The van der Waals surface area contributed by atoms with Crippen molar-refractivity contribution in [2.24, 2.45) is 0 Å². The van der Waals surface area contributed by atoms with Gasteiger partial charge in [0.15, 0.2) is 0 Å². The average Bonchev–Trinajstić information content (AvgIpc) is 2.21. The summed E-state index contributed by atoms with van der Waals surface area (Å²) >= 11 is 2.86. The summed E-state index contributed by atoms with van der Waals surface area (Å²) in [5.41, 5.74) is 0. The maximum absolute atomic E-state index is 9.68. The number of hydrogen-bond donors (Lipinski definition) is 0. The van der Waals surface area contributed by atoms with Crippen LogP contribution in [0, 0.1) is 0 Å². The van der Waals surface area contributed by atoms with E-state index in [0.717, 1.165) is 0 Å². The minimum Gasteiger partial charge on any atom is -0.854 e. The Bertz CT molecular complexity index is 76.4. The first-order valence-electron chi connectivity index (χ1n) is 4.31. The van der Waals surface area contributed by atoms with Gasteiger partial charge in [-0.05, 0) is 23.0 Å². The van der Waals surface area contributed by atoms with Crippen LogP contribution in [0.3, 0.4) is 0 Å². The minimum absolute atomic E-state index is 0. The molecular weight excluding hydrogens is 273 g/mol. The predicted octanol–water partition coefficient (Wildman–Crippen LogP) is -3.88. The fourth-order valence-corrected chi connectivity index (χ4v) is 1.32. The second-order valence-corrected chi connectivity index (χ2v) is 4.49. The Labute approximate surface area is 138 Å². The zero-order valence-corrected chi connectivity index (χ0v) is 14.0. The van der Waals surface area contributed by atoms with Gasteiger partial charge in [0.25, 0.3) is 0 Å². The van der Waals surface area contributed by atoms with E-state index >= 15 is 0 Å². The van der Waals surface area contributed by atoms with Crippen LogP contribution in [0.4, 0.5) is 0 Å². The van der Waals surface area contributed by atoms with Crippen LogP contribution in [0.15, 0.2) is 0 Å². The zero-order valence-electron chi connectivity index (χ0n) is 9.52. The molecule has 88 valence electrons. The number of thioether (sulfide) groups is 2. The molecule has 0 atom stereocenters. The molecule has 8 heteroatoms. The van der Waals surface area contributed by atoms with Crippen LogP contribution in [0.2, 0.25) is 0 Å². The summed E-state index contributed by atoms with van der Waals surface area (Å²) in [6.07, 6.45) is 0. The fourth-order valence-electron chi connectivity index (χ4n) is 0.440. The standard InChI is InChI=1S/2C4H8O2S.2Mg/c2*5-1-3-7-4-2-6;;/h2*1-4H2;;/q2*-2;2*+2. The van der Waals surface area contributed by atoms with Crippen molar-refractivity contribution in [3.8, 4) is 0 Å². The average molecular weight is 289 g/mol. The van der Waals surface area contributed by atoms with Crippen molar-refractivity contribution in [1.82, 2.24) is 0 Å². The summed E-state index contributed by atoms with van der Waals surface area (Å²) in [6.45, 7) is -0.259. The van der Waals surface area contributed by atoms with Gasteiger partial charge in [0, 0.05) is 0 Å². The third-order valence-corrected chi connectivity index (χ3v) is 2.73. The third-order valence-electron chi connectivity index (χ3n) is 0.911. The largest absolute Gasteiger partial charge is 2.00 e. The SMILES string of the molecule is [Mg+2].[Mg+2].[O-]CCSCC[O-].[O-]CCSCC[O-]. The molecule has 0 saturated heterocycles. The van der Waals surface area contributed by atoms with Crippen molar-refractivity contribution in [3.05, 3.63) is 0 Å². The van der Waals surface area contributed by atoms with Gasteiger partial charge in [-0.3, -0.25) is 0 Å². The van der Waals surface area contributed by atoms with E-state index in [1.807, 2.05) is 0 Å². The van der Waals surface area contributed by atoms with Crippen molar-refractivity contribution < 1.29 is 20.4 Å². The molecule has 0 N–H and O–H groups in total. The molecule has 0 aliphatic rings. The first-order chi connectivity index (χ1) is 6.83. The first-order valence-corrected chi connectivity index (χ1v) is 6.62. The van der Waals surface area contributed by atoms with E-state index < -0.39 is 0 Å². The predicted molar refractivity (Wildman–Crippen MR) is 65.6 cm³/mol. The second-order valence-electron chi connectivity index (χ2n) is 2.04. The first kappa shape index (κ1) is 26.6. The van der Waals surface area contributed by atoms with Crippen molar-refractivity contribution >= 4 is 69.6 Å². The van der Waals surface area contributed by atoms with Gasteiger partial charge < -0.3 is 20.4 Å².